The van der Waals surface area contributed by atoms with Crippen LogP contribution < -0.4 is 14.8 Å². The van der Waals surface area contributed by atoms with E-state index in [1.807, 2.05) is 6.07 Å². The van der Waals surface area contributed by atoms with Crippen LogP contribution in [0.3, 0.4) is 0 Å². The molecule has 3 nitrogen and oxygen atoms in total. The molecule has 0 fully saturated rings. The predicted molar refractivity (Wildman–Crippen MR) is 114 cm³/mol. The Balaban J connectivity index is 1.87. The zero-order chi connectivity index (χ0) is 19.3. The van der Waals surface area contributed by atoms with E-state index in [0.717, 1.165) is 37.5 Å². The summed E-state index contributed by atoms with van der Waals surface area (Å²) in [5.74, 6) is 1.66. The van der Waals surface area contributed by atoms with E-state index in [9.17, 15) is 0 Å². The van der Waals surface area contributed by atoms with Crippen molar-refractivity contribution in [2.45, 2.75) is 65.0 Å². The molecule has 1 unspecified atom stereocenters. The summed E-state index contributed by atoms with van der Waals surface area (Å²) in [6.45, 7) is 6.01. The van der Waals surface area contributed by atoms with Crippen LogP contribution in [-0.4, -0.2) is 13.7 Å². The summed E-state index contributed by atoms with van der Waals surface area (Å²) in [6.07, 6.45) is 7.26. The van der Waals surface area contributed by atoms with E-state index in [1.165, 1.54) is 36.8 Å². The van der Waals surface area contributed by atoms with Crippen LogP contribution in [0.1, 0.15) is 69.5 Å². The summed E-state index contributed by atoms with van der Waals surface area (Å²) < 4.78 is 11.5. The van der Waals surface area contributed by atoms with Gasteiger partial charge in [-0.1, -0.05) is 75.9 Å². The van der Waals surface area contributed by atoms with E-state index in [2.05, 4.69) is 61.6 Å². The Morgan fingerprint density at radius 3 is 2.37 bits per heavy atom. The quantitative estimate of drug-likeness (QED) is 0.421. The molecule has 0 amide bonds. The first-order chi connectivity index (χ1) is 13.3. The van der Waals surface area contributed by atoms with Crippen LogP contribution in [0.5, 0.6) is 11.5 Å². The maximum atomic E-state index is 5.93. The van der Waals surface area contributed by atoms with E-state index in [0.29, 0.717) is 6.04 Å². The van der Waals surface area contributed by atoms with Gasteiger partial charge in [-0.2, -0.15) is 0 Å². The van der Waals surface area contributed by atoms with Crippen molar-refractivity contribution in [2.24, 2.45) is 0 Å². The lowest BCUT2D eigenvalue weighted by atomic mass is 10.0. The largest absolute Gasteiger partial charge is 0.493 e. The first-order valence-electron chi connectivity index (χ1n) is 10.4. The number of rotatable bonds is 13. The SMILES string of the molecule is CCCCCCCOc1ccc(CNC(CC)c2ccccc2)cc1OC. The molecular weight excluding hydrogens is 334 g/mol. The molecule has 0 aliphatic heterocycles. The van der Waals surface area contributed by atoms with Crippen molar-refractivity contribution < 1.29 is 9.47 Å². The topological polar surface area (TPSA) is 30.5 Å². The molecule has 0 aliphatic carbocycles. The highest BCUT2D eigenvalue weighted by atomic mass is 16.5. The van der Waals surface area contributed by atoms with Gasteiger partial charge < -0.3 is 14.8 Å². The van der Waals surface area contributed by atoms with Crippen molar-refractivity contribution in [2.75, 3.05) is 13.7 Å². The molecular formula is C24H35NO2. The van der Waals surface area contributed by atoms with Crippen LogP contribution in [0.25, 0.3) is 0 Å². The van der Waals surface area contributed by atoms with Gasteiger partial charge in [-0.05, 0) is 36.1 Å². The van der Waals surface area contributed by atoms with Crippen LogP contribution in [0.2, 0.25) is 0 Å². The molecule has 0 heterocycles. The molecule has 0 aliphatic rings. The number of methoxy groups -OCH3 is 1. The molecule has 0 saturated carbocycles. The summed E-state index contributed by atoms with van der Waals surface area (Å²) in [5, 5.41) is 3.65. The van der Waals surface area contributed by atoms with Crippen LogP contribution in [-0.2, 0) is 6.54 Å². The Labute approximate surface area is 165 Å². The lowest BCUT2D eigenvalue weighted by Crippen LogP contribution is -2.20. The third kappa shape index (κ3) is 7.26. The van der Waals surface area contributed by atoms with E-state index in [1.54, 1.807) is 7.11 Å². The van der Waals surface area contributed by atoms with Crippen molar-refractivity contribution in [3.63, 3.8) is 0 Å². The molecule has 2 rings (SSSR count). The number of ether oxygens (including phenoxy) is 2. The number of hydrogen-bond donors (Lipinski definition) is 1. The monoisotopic (exact) mass is 369 g/mol. The third-order valence-corrected chi connectivity index (χ3v) is 4.90. The van der Waals surface area contributed by atoms with E-state index in [4.69, 9.17) is 9.47 Å². The Bertz CT molecular complexity index is 642. The molecule has 1 atom stereocenters. The van der Waals surface area contributed by atoms with Crippen LogP contribution in [0, 0.1) is 0 Å². The van der Waals surface area contributed by atoms with Gasteiger partial charge in [0.05, 0.1) is 13.7 Å². The Morgan fingerprint density at radius 1 is 0.889 bits per heavy atom. The van der Waals surface area contributed by atoms with Gasteiger partial charge in [0.15, 0.2) is 11.5 Å². The fraction of sp³-hybridized carbons (Fsp3) is 0.500. The maximum Gasteiger partial charge on any atom is 0.161 e. The standard InChI is InChI=1S/C24H35NO2/c1-4-6-7-8-12-17-27-23-16-15-20(18-24(23)26-3)19-25-22(5-2)21-13-10-9-11-14-21/h9-11,13-16,18,22,25H,4-8,12,17,19H2,1-3H3. The van der Waals surface area contributed by atoms with E-state index in [-0.39, 0.29) is 0 Å². The minimum atomic E-state index is 0.358. The van der Waals surface area contributed by atoms with Crippen LogP contribution in [0.15, 0.2) is 48.5 Å². The maximum absolute atomic E-state index is 5.93. The predicted octanol–water partition coefficient (Wildman–Crippen LogP) is 6.29. The fourth-order valence-corrected chi connectivity index (χ4v) is 3.25. The molecule has 2 aromatic carbocycles. The first-order valence-corrected chi connectivity index (χ1v) is 10.4. The second-order valence-electron chi connectivity index (χ2n) is 7.00. The molecule has 0 spiro atoms. The minimum absolute atomic E-state index is 0.358. The van der Waals surface area contributed by atoms with Gasteiger partial charge in [0.2, 0.25) is 0 Å². The van der Waals surface area contributed by atoms with Gasteiger partial charge >= 0.3 is 0 Å². The fourth-order valence-electron chi connectivity index (χ4n) is 3.25. The zero-order valence-corrected chi connectivity index (χ0v) is 17.2. The first kappa shape index (κ1) is 21.3. The Hall–Kier alpha value is -2.00. The van der Waals surface area contributed by atoms with Gasteiger partial charge in [-0.15, -0.1) is 0 Å². The number of benzene rings is 2. The summed E-state index contributed by atoms with van der Waals surface area (Å²) in [5.41, 5.74) is 2.53. The minimum Gasteiger partial charge on any atom is -0.493 e. The second kappa shape index (κ2) is 12.4. The Morgan fingerprint density at radius 2 is 1.67 bits per heavy atom. The van der Waals surface area contributed by atoms with Crippen molar-refractivity contribution in [3.05, 3.63) is 59.7 Å². The molecule has 0 radical (unpaired) electrons. The highest BCUT2D eigenvalue weighted by Crippen LogP contribution is 2.29. The van der Waals surface area contributed by atoms with Gasteiger partial charge in [-0.3, -0.25) is 0 Å². The molecule has 1 N–H and O–H groups in total. The smallest absolute Gasteiger partial charge is 0.161 e. The normalized spacial score (nSPS) is 12.0. The molecule has 2 aromatic rings. The average Bonchev–Trinajstić information content (AvgIpc) is 2.72. The average molecular weight is 370 g/mol. The Kier molecular flexibility index (Phi) is 9.78. The molecule has 0 aromatic heterocycles. The molecule has 3 heteroatoms. The summed E-state index contributed by atoms with van der Waals surface area (Å²) in [6, 6.07) is 17.2. The lowest BCUT2D eigenvalue weighted by Gasteiger charge is -2.18. The second-order valence-corrected chi connectivity index (χ2v) is 7.00. The molecule has 0 saturated heterocycles. The summed E-state index contributed by atoms with van der Waals surface area (Å²) in [4.78, 5) is 0. The van der Waals surface area contributed by atoms with Crippen molar-refractivity contribution in [1.29, 1.82) is 0 Å². The highest BCUT2D eigenvalue weighted by Gasteiger charge is 2.10. The lowest BCUT2D eigenvalue weighted by molar-refractivity contribution is 0.284. The summed E-state index contributed by atoms with van der Waals surface area (Å²) in [7, 11) is 1.71. The van der Waals surface area contributed by atoms with Crippen molar-refractivity contribution in [1.82, 2.24) is 5.32 Å². The van der Waals surface area contributed by atoms with Gasteiger partial charge in [0.1, 0.15) is 0 Å². The van der Waals surface area contributed by atoms with Crippen molar-refractivity contribution >= 4 is 0 Å². The van der Waals surface area contributed by atoms with E-state index < -0.39 is 0 Å². The number of nitrogens with one attached hydrogen (secondary N) is 1. The highest BCUT2D eigenvalue weighted by molar-refractivity contribution is 5.43. The van der Waals surface area contributed by atoms with Gasteiger partial charge in [-0.25, -0.2) is 0 Å². The van der Waals surface area contributed by atoms with Crippen molar-refractivity contribution in [3.8, 4) is 11.5 Å². The number of hydrogen-bond acceptors (Lipinski definition) is 3. The summed E-state index contributed by atoms with van der Waals surface area (Å²) >= 11 is 0. The van der Waals surface area contributed by atoms with Crippen LogP contribution in [0.4, 0.5) is 0 Å². The number of unbranched alkanes of at least 4 members (excludes halogenated alkanes) is 4. The van der Waals surface area contributed by atoms with E-state index >= 15 is 0 Å². The molecule has 0 bridgehead atoms. The molecule has 27 heavy (non-hydrogen) atoms. The van der Waals surface area contributed by atoms with Crippen LogP contribution >= 0.6 is 0 Å². The zero-order valence-electron chi connectivity index (χ0n) is 17.2. The third-order valence-electron chi connectivity index (χ3n) is 4.90. The molecule has 148 valence electrons. The van der Waals surface area contributed by atoms with Gasteiger partial charge in [0.25, 0.3) is 0 Å². The van der Waals surface area contributed by atoms with Gasteiger partial charge in [0, 0.05) is 12.6 Å².